The Kier molecular flexibility index (Phi) is 4.82. The molecule has 1 saturated heterocycles. The molecule has 1 aromatic rings. The predicted octanol–water partition coefficient (Wildman–Crippen LogP) is 1.98. The maximum atomic E-state index is 11.6. The average molecular weight is 326 g/mol. The lowest BCUT2D eigenvalue weighted by atomic mass is 9.96. The van der Waals surface area contributed by atoms with Gasteiger partial charge in [-0.25, -0.2) is 0 Å². The molecule has 0 aliphatic carbocycles. The number of carbonyl (C=O) groups is 1. The van der Waals surface area contributed by atoms with Gasteiger partial charge in [-0.15, -0.1) is 0 Å². The maximum Gasteiger partial charge on any atom is 0.251 e. The van der Waals surface area contributed by atoms with E-state index in [0.29, 0.717) is 5.56 Å². The fraction of sp³-hybridized carbons (Fsp3) is 0.500. The van der Waals surface area contributed by atoms with Crippen molar-refractivity contribution in [2.45, 2.75) is 12.8 Å². The first-order valence-corrected chi connectivity index (χ1v) is 7.40. The fourth-order valence-electron chi connectivity index (χ4n) is 2.69. The molecule has 1 fully saturated rings. The van der Waals surface area contributed by atoms with Crippen LogP contribution in [-0.2, 0) is 0 Å². The van der Waals surface area contributed by atoms with Crippen LogP contribution in [-0.4, -0.2) is 32.6 Å². The highest BCUT2D eigenvalue weighted by atomic mass is 79.9. The number of halogens is 1. The molecular formula is C14H20BrN3O. The van der Waals surface area contributed by atoms with Gasteiger partial charge < -0.3 is 16.0 Å². The average Bonchev–Trinajstić information content (AvgIpc) is 2.39. The van der Waals surface area contributed by atoms with Gasteiger partial charge in [-0.2, -0.15) is 0 Å². The molecule has 1 amide bonds. The Hall–Kier alpha value is -1.07. The number of hydrogen-bond donors (Lipinski definition) is 2. The Morgan fingerprint density at radius 2 is 2.16 bits per heavy atom. The highest BCUT2D eigenvalue weighted by Crippen LogP contribution is 2.30. The van der Waals surface area contributed by atoms with Gasteiger partial charge in [0.25, 0.3) is 5.91 Å². The number of anilines is 1. The van der Waals surface area contributed by atoms with E-state index in [9.17, 15) is 4.79 Å². The molecule has 0 atom stereocenters. The minimum Gasteiger partial charge on any atom is -0.371 e. The first-order valence-electron chi connectivity index (χ1n) is 6.61. The third kappa shape index (κ3) is 3.28. The summed E-state index contributed by atoms with van der Waals surface area (Å²) in [6, 6.07) is 5.78. The number of rotatable bonds is 4. The molecular weight excluding hydrogens is 306 g/mol. The SMILES string of the molecule is CNCC1CCN(c2cccc(Br)c2C(N)=O)CC1. The molecule has 1 heterocycles. The van der Waals surface area contributed by atoms with Crippen LogP contribution >= 0.6 is 15.9 Å². The minimum atomic E-state index is -0.375. The van der Waals surface area contributed by atoms with Gasteiger partial charge in [0.05, 0.1) is 11.3 Å². The lowest BCUT2D eigenvalue weighted by molar-refractivity contribution is 0.1000. The zero-order valence-corrected chi connectivity index (χ0v) is 12.7. The number of nitrogens with two attached hydrogens (primary N) is 1. The number of hydrogen-bond acceptors (Lipinski definition) is 3. The summed E-state index contributed by atoms with van der Waals surface area (Å²) in [6.07, 6.45) is 2.29. The molecule has 0 radical (unpaired) electrons. The highest BCUT2D eigenvalue weighted by Gasteiger charge is 2.22. The number of amides is 1. The van der Waals surface area contributed by atoms with Gasteiger partial charge in [-0.1, -0.05) is 6.07 Å². The fourth-order valence-corrected chi connectivity index (χ4v) is 3.24. The molecule has 0 spiro atoms. The topological polar surface area (TPSA) is 58.4 Å². The molecule has 19 heavy (non-hydrogen) atoms. The number of piperidine rings is 1. The van der Waals surface area contributed by atoms with Crippen molar-refractivity contribution in [1.29, 1.82) is 0 Å². The van der Waals surface area contributed by atoms with Crippen LogP contribution in [0.15, 0.2) is 22.7 Å². The summed E-state index contributed by atoms with van der Waals surface area (Å²) in [4.78, 5) is 13.9. The summed E-state index contributed by atoms with van der Waals surface area (Å²) in [5.41, 5.74) is 7.03. The summed E-state index contributed by atoms with van der Waals surface area (Å²) in [5, 5.41) is 3.23. The second-order valence-corrected chi connectivity index (χ2v) is 5.84. The van der Waals surface area contributed by atoms with E-state index < -0.39 is 0 Å². The third-order valence-electron chi connectivity index (χ3n) is 3.69. The summed E-state index contributed by atoms with van der Waals surface area (Å²) in [7, 11) is 1.99. The zero-order valence-electron chi connectivity index (χ0n) is 11.2. The number of nitrogens with zero attached hydrogens (tertiary/aromatic N) is 1. The van der Waals surface area contributed by atoms with Crippen molar-refractivity contribution < 1.29 is 4.79 Å². The molecule has 1 aliphatic heterocycles. The highest BCUT2D eigenvalue weighted by molar-refractivity contribution is 9.10. The third-order valence-corrected chi connectivity index (χ3v) is 4.35. The van der Waals surface area contributed by atoms with Crippen LogP contribution in [0.1, 0.15) is 23.2 Å². The van der Waals surface area contributed by atoms with Crippen molar-refractivity contribution in [3.63, 3.8) is 0 Å². The summed E-state index contributed by atoms with van der Waals surface area (Å²) in [6.45, 7) is 3.02. The normalized spacial score (nSPS) is 16.6. The zero-order chi connectivity index (χ0) is 13.8. The molecule has 1 aromatic carbocycles. The van der Waals surface area contributed by atoms with Crippen LogP contribution in [0.5, 0.6) is 0 Å². The first kappa shape index (κ1) is 14.3. The second kappa shape index (κ2) is 6.39. The molecule has 0 aromatic heterocycles. The van der Waals surface area contributed by atoms with Crippen LogP contribution in [0.4, 0.5) is 5.69 Å². The second-order valence-electron chi connectivity index (χ2n) is 4.99. The van der Waals surface area contributed by atoms with E-state index in [-0.39, 0.29) is 5.91 Å². The molecule has 2 rings (SSSR count). The number of carbonyl (C=O) groups excluding carboxylic acids is 1. The van der Waals surface area contributed by atoms with Crippen LogP contribution in [0.25, 0.3) is 0 Å². The first-order chi connectivity index (χ1) is 9.13. The van der Waals surface area contributed by atoms with Gasteiger partial charge in [0, 0.05) is 17.6 Å². The number of benzene rings is 1. The molecule has 0 unspecified atom stereocenters. The summed E-state index contributed by atoms with van der Waals surface area (Å²) in [5.74, 6) is 0.352. The van der Waals surface area contributed by atoms with Crippen molar-refractivity contribution >= 4 is 27.5 Å². The molecule has 5 heteroatoms. The van der Waals surface area contributed by atoms with Crippen LogP contribution in [0.2, 0.25) is 0 Å². The number of primary amides is 1. The Balaban J connectivity index is 2.15. The van der Waals surface area contributed by atoms with E-state index >= 15 is 0 Å². The van der Waals surface area contributed by atoms with Gasteiger partial charge >= 0.3 is 0 Å². The van der Waals surface area contributed by atoms with Crippen LogP contribution < -0.4 is 16.0 Å². The molecule has 1 aliphatic rings. The lowest BCUT2D eigenvalue weighted by Gasteiger charge is -2.34. The van der Waals surface area contributed by atoms with E-state index in [4.69, 9.17) is 5.73 Å². The van der Waals surface area contributed by atoms with Gasteiger partial charge in [-0.3, -0.25) is 4.79 Å². The van der Waals surface area contributed by atoms with Crippen LogP contribution in [0.3, 0.4) is 0 Å². The van der Waals surface area contributed by atoms with Crippen LogP contribution in [0, 0.1) is 5.92 Å². The largest absolute Gasteiger partial charge is 0.371 e. The summed E-state index contributed by atoms with van der Waals surface area (Å²) < 4.78 is 0.773. The lowest BCUT2D eigenvalue weighted by Crippen LogP contribution is -2.37. The standard InChI is InChI=1S/C14H20BrN3O/c1-17-9-10-5-7-18(8-6-10)12-4-2-3-11(15)13(12)14(16)19/h2-4,10,17H,5-9H2,1H3,(H2,16,19). The van der Waals surface area contributed by atoms with Crippen molar-refractivity contribution in [1.82, 2.24) is 5.32 Å². The molecule has 104 valence electrons. The quantitative estimate of drug-likeness (QED) is 0.890. The van der Waals surface area contributed by atoms with Gasteiger partial charge in [0.1, 0.15) is 0 Å². The molecule has 0 saturated carbocycles. The number of nitrogens with one attached hydrogen (secondary N) is 1. The van der Waals surface area contributed by atoms with Crippen molar-refractivity contribution in [2.75, 3.05) is 31.6 Å². The summed E-state index contributed by atoms with van der Waals surface area (Å²) >= 11 is 3.41. The van der Waals surface area contributed by atoms with Crippen molar-refractivity contribution in [3.05, 3.63) is 28.2 Å². The Morgan fingerprint density at radius 3 is 2.74 bits per heavy atom. The van der Waals surface area contributed by atoms with Gasteiger partial charge in [-0.05, 0) is 60.4 Å². The van der Waals surface area contributed by atoms with Crippen molar-refractivity contribution in [2.24, 2.45) is 11.7 Å². The van der Waals surface area contributed by atoms with E-state index in [0.717, 1.165) is 48.6 Å². The Morgan fingerprint density at radius 1 is 1.47 bits per heavy atom. The Bertz CT molecular complexity index is 456. The smallest absolute Gasteiger partial charge is 0.251 e. The maximum absolute atomic E-state index is 11.6. The monoisotopic (exact) mass is 325 g/mol. The molecule has 3 N–H and O–H groups in total. The minimum absolute atomic E-state index is 0.375. The van der Waals surface area contributed by atoms with E-state index in [1.807, 2.05) is 25.2 Å². The predicted molar refractivity (Wildman–Crippen MR) is 81.5 cm³/mol. The van der Waals surface area contributed by atoms with Crippen molar-refractivity contribution in [3.8, 4) is 0 Å². The van der Waals surface area contributed by atoms with Gasteiger partial charge in [0.2, 0.25) is 0 Å². The molecule has 0 bridgehead atoms. The van der Waals surface area contributed by atoms with E-state index in [2.05, 4.69) is 26.1 Å². The van der Waals surface area contributed by atoms with E-state index in [1.54, 1.807) is 0 Å². The Labute approximate surface area is 122 Å². The van der Waals surface area contributed by atoms with Gasteiger partial charge in [0.15, 0.2) is 0 Å². The molecule has 4 nitrogen and oxygen atoms in total. The van der Waals surface area contributed by atoms with E-state index in [1.165, 1.54) is 0 Å².